The quantitative estimate of drug-likeness (QED) is 0.546. The van der Waals surface area contributed by atoms with Gasteiger partial charge >= 0.3 is 0 Å². The number of fused-ring (bicyclic) bond motifs is 1. The predicted octanol–water partition coefficient (Wildman–Crippen LogP) is 4.16. The molecule has 30 heavy (non-hydrogen) atoms. The summed E-state index contributed by atoms with van der Waals surface area (Å²) in [6, 6.07) is 16.5. The lowest BCUT2D eigenvalue weighted by molar-refractivity contribution is -0.118. The molecule has 3 aromatic rings. The van der Waals surface area contributed by atoms with Crippen molar-refractivity contribution in [1.82, 2.24) is 9.88 Å². The lowest BCUT2D eigenvalue weighted by Gasteiger charge is -2.29. The zero-order valence-corrected chi connectivity index (χ0v) is 18.4. The fourth-order valence-corrected chi connectivity index (χ4v) is 4.88. The van der Waals surface area contributed by atoms with Gasteiger partial charge in [0, 0.05) is 32.6 Å². The number of ether oxygens (including phenoxy) is 1. The molecule has 5 nitrogen and oxygen atoms in total. The molecule has 0 radical (unpaired) electrons. The Labute approximate surface area is 182 Å². The second-order valence-corrected chi connectivity index (χ2v) is 8.61. The number of para-hydroxylation sites is 1. The summed E-state index contributed by atoms with van der Waals surface area (Å²) in [5, 5.41) is 0.817. The Morgan fingerprint density at radius 1 is 1.13 bits per heavy atom. The van der Waals surface area contributed by atoms with E-state index in [9.17, 15) is 4.79 Å². The number of nitrogens with zero attached hydrogens (tertiary/aromatic N) is 3. The van der Waals surface area contributed by atoms with Gasteiger partial charge in [-0.2, -0.15) is 0 Å². The van der Waals surface area contributed by atoms with Crippen molar-refractivity contribution in [3.8, 4) is 0 Å². The van der Waals surface area contributed by atoms with Crippen LogP contribution in [0.5, 0.6) is 0 Å². The van der Waals surface area contributed by atoms with Crippen molar-refractivity contribution in [2.75, 3.05) is 44.3 Å². The minimum atomic E-state index is 0.143. The first-order chi connectivity index (χ1) is 14.7. The SMILES string of the molecule is CCc1cccc2sc(N(CCN3CCOCC3)C(=O)CCc3ccccc3)nc12. The first-order valence-electron chi connectivity index (χ1n) is 10.8. The van der Waals surface area contributed by atoms with Crippen molar-refractivity contribution in [1.29, 1.82) is 0 Å². The van der Waals surface area contributed by atoms with Crippen LogP contribution in [-0.4, -0.2) is 55.2 Å². The molecule has 2 aromatic carbocycles. The van der Waals surface area contributed by atoms with Crippen LogP contribution in [0.25, 0.3) is 10.2 Å². The van der Waals surface area contributed by atoms with Crippen LogP contribution >= 0.6 is 11.3 Å². The topological polar surface area (TPSA) is 45.7 Å². The maximum Gasteiger partial charge on any atom is 0.229 e. The van der Waals surface area contributed by atoms with Crippen molar-refractivity contribution < 1.29 is 9.53 Å². The third-order valence-corrected chi connectivity index (χ3v) is 6.66. The Kier molecular flexibility index (Phi) is 7.10. The van der Waals surface area contributed by atoms with Crippen molar-refractivity contribution in [2.24, 2.45) is 0 Å². The highest BCUT2D eigenvalue weighted by Crippen LogP contribution is 2.31. The zero-order valence-electron chi connectivity index (χ0n) is 17.5. The lowest BCUT2D eigenvalue weighted by Crippen LogP contribution is -2.43. The highest BCUT2D eigenvalue weighted by atomic mass is 32.1. The number of anilines is 1. The molecule has 0 aliphatic carbocycles. The predicted molar refractivity (Wildman–Crippen MR) is 123 cm³/mol. The molecule has 158 valence electrons. The number of carbonyl (C=O) groups is 1. The number of rotatable bonds is 8. The molecule has 0 unspecified atom stereocenters. The Hall–Kier alpha value is -2.28. The summed E-state index contributed by atoms with van der Waals surface area (Å²) in [6.45, 7) is 7.03. The normalized spacial score (nSPS) is 14.8. The van der Waals surface area contributed by atoms with Crippen molar-refractivity contribution in [3.05, 3.63) is 59.7 Å². The van der Waals surface area contributed by atoms with Gasteiger partial charge in [0.1, 0.15) is 0 Å². The minimum Gasteiger partial charge on any atom is -0.379 e. The van der Waals surface area contributed by atoms with Crippen molar-refractivity contribution in [2.45, 2.75) is 26.2 Å². The van der Waals surface area contributed by atoms with Crippen LogP contribution in [0.1, 0.15) is 24.5 Å². The fourth-order valence-electron chi connectivity index (χ4n) is 3.82. The van der Waals surface area contributed by atoms with E-state index < -0.39 is 0 Å². The summed E-state index contributed by atoms with van der Waals surface area (Å²) in [6.07, 6.45) is 2.18. The van der Waals surface area contributed by atoms with Crippen LogP contribution in [0.2, 0.25) is 0 Å². The van der Waals surface area contributed by atoms with Gasteiger partial charge in [-0.1, -0.05) is 60.7 Å². The van der Waals surface area contributed by atoms with E-state index in [1.807, 2.05) is 23.1 Å². The van der Waals surface area contributed by atoms with E-state index in [2.05, 4.69) is 42.2 Å². The van der Waals surface area contributed by atoms with Crippen molar-refractivity contribution >= 4 is 32.6 Å². The number of morpholine rings is 1. The summed E-state index contributed by atoms with van der Waals surface area (Å²) in [5.41, 5.74) is 3.46. The number of amides is 1. The van der Waals surface area contributed by atoms with Gasteiger partial charge in [0.25, 0.3) is 0 Å². The molecule has 0 spiro atoms. The Morgan fingerprint density at radius 3 is 2.70 bits per heavy atom. The second-order valence-electron chi connectivity index (χ2n) is 7.60. The molecule has 2 heterocycles. The Morgan fingerprint density at radius 2 is 1.93 bits per heavy atom. The van der Waals surface area contributed by atoms with Crippen LogP contribution in [0.15, 0.2) is 48.5 Å². The van der Waals surface area contributed by atoms with E-state index in [1.165, 1.54) is 11.1 Å². The molecule has 1 aliphatic rings. The number of carbonyl (C=O) groups excluding carboxylic acids is 1. The lowest BCUT2D eigenvalue weighted by atomic mass is 10.1. The molecule has 1 amide bonds. The number of thiazole rings is 1. The maximum absolute atomic E-state index is 13.3. The van der Waals surface area contributed by atoms with Crippen LogP contribution in [-0.2, 0) is 22.4 Å². The average molecular weight is 424 g/mol. The van der Waals surface area contributed by atoms with Crippen molar-refractivity contribution in [3.63, 3.8) is 0 Å². The Balaban J connectivity index is 1.53. The molecule has 4 rings (SSSR count). The second kappa shape index (κ2) is 10.2. The van der Waals surface area contributed by atoms with Crippen LogP contribution in [0.3, 0.4) is 0 Å². The van der Waals surface area contributed by atoms with Crippen LogP contribution in [0, 0.1) is 0 Å². The molecular formula is C24H29N3O2S. The number of hydrogen-bond acceptors (Lipinski definition) is 5. The highest BCUT2D eigenvalue weighted by molar-refractivity contribution is 7.22. The van der Waals surface area contributed by atoms with Gasteiger partial charge in [-0.3, -0.25) is 14.6 Å². The smallest absolute Gasteiger partial charge is 0.229 e. The van der Waals surface area contributed by atoms with E-state index in [0.717, 1.165) is 61.0 Å². The van der Waals surface area contributed by atoms with E-state index in [-0.39, 0.29) is 5.91 Å². The monoisotopic (exact) mass is 423 g/mol. The molecule has 1 fully saturated rings. The number of aromatic nitrogens is 1. The van der Waals surface area contributed by atoms with Gasteiger partial charge < -0.3 is 4.74 Å². The average Bonchev–Trinajstić information content (AvgIpc) is 3.23. The van der Waals surface area contributed by atoms with Gasteiger partial charge in [-0.25, -0.2) is 4.98 Å². The molecule has 1 aliphatic heterocycles. The highest BCUT2D eigenvalue weighted by Gasteiger charge is 2.22. The van der Waals surface area contributed by atoms with Gasteiger partial charge in [0.15, 0.2) is 5.13 Å². The number of aryl methyl sites for hydroxylation is 2. The van der Waals surface area contributed by atoms with Gasteiger partial charge in [0.05, 0.1) is 23.4 Å². The first-order valence-corrected chi connectivity index (χ1v) is 11.6. The van der Waals surface area contributed by atoms with E-state index in [4.69, 9.17) is 9.72 Å². The summed E-state index contributed by atoms with van der Waals surface area (Å²) < 4.78 is 6.61. The zero-order chi connectivity index (χ0) is 20.8. The summed E-state index contributed by atoms with van der Waals surface area (Å²) >= 11 is 1.62. The van der Waals surface area contributed by atoms with Gasteiger partial charge in [0.2, 0.25) is 5.91 Å². The molecule has 0 atom stereocenters. The van der Waals surface area contributed by atoms with Gasteiger partial charge in [-0.15, -0.1) is 0 Å². The third kappa shape index (κ3) is 5.06. The summed E-state index contributed by atoms with van der Waals surface area (Å²) in [4.78, 5) is 22.4. The van der Waals surface area contributed by atoms with Crippen LogP contribution < -0.4 is 4.90 Å². The van der Waals surface area contributed by atoms with Gasteiger partial charge in [-0.05, 0) is 30.0 Å². The van der Waals surface area contributed by atoms with E-state index >= 15 is 0 Å². The molecule has 0 bridgehead atoms. The third-order valence-electron chi connectivity index (χ3n) is 5.62. The molecule has 1 saturated heterocycles. The Bertz CT molecular complexity index is 967. The molecule has 0 N–H and O–H groups in total. The molecular weight excluding hydrogens is 394 g/mol. The molecule has 6 heteroatoms. The largest absolute Gasteiger partial charge is 0.379 e. The number of hydrogen-bond donors (Lipinski definition) is 0. The summed E-state index contributed by atoms with van der Waals surface area (Å²) in [7, 11) is 0. The fraction of sp³-hybridized carbons (Fsp3) is 0.417. The molecule has 1 aromatic heterocycles. The maximum atomic E-state index is 13.3. The standard InChI is InChI=1S/C24H29N3O2S/c1-2-20-9-6-10-21-23(20)25-24(30-21)27(14-13-26-15-17-29-18-16-26)22(28)12-11-19-7-4-3-5-8-19/h3-10H,2,11-18H2,1H3. The first kappa shape index (κ1) is 21.0. The van der Waals surface area contributed by atoms with E-state index in [0.29, 0.717) is 13.0 Å². The van der Waals surface area contributed by atoms with E-state index in [1.54, 1.807) is 11.3 Å². The minimum absolute atomic E-state index is 0.143. The summed E-state index contributed by atoms with van der Waals surface area (Å²) in [5.74, 6) is 0.143. The van der Waals surface area contributed by atoms with Crippen LogP contribution in [0.4, 0.5) is 5.13 Å². The molecule has 0 saturated carbocycles. The number of benzene rings is 2.